The Morgan fingerprint density at radius 2 is 1.93 bits per heavy atom. The molecule has 0 saturated carbocycles. The van der Waals surface area contributed by atoms with E-state index in [2.05, 4.69) is 15.0 Å². The Hall–Kier alpha value is -3.89. The van der Waals surface area contributed by atoms with Crippen LogP contribution in [0.4, 0.5) is 8.78 Å². The molecule has 2 N–H and O–H groups in total. The Morgan fingerprint density at radius 1 is 1.14 bits per heavy atom. The Morgan fingerprint density at radius 3 is 2.64 bits per heavy atom. The Kier molecular flexibility index (Phi) is 4.18. The molecule has 11 heteroatoms. The van der Waals surface area contributed by atoms with Crippen molar-refractivity contribution >= 4 is 11.5 Å². The highest BCUT2D eigenvalue weighted by Crippen LogP contribution is 2.29. The van der Waals surface area contributed by atoms with Crippen LogP contribution in [0.5, 0.6) is 0 Å². The number of nitrogens with two attached hydrogens (primary N) is 1. The van der Waals surface area contributed by atoms with E-state index in [4.69, 9.17) is 5.73 Å². The van der Waals surface area contributed by atoms with E-state index >= 15 is 0 Å². The Labute approximate surface area is 156 Å². The van der Waals surface area contributed by atoms with Gasteiger partial charge in [-0.25, -0.2) is 18.8 Å². The van der Waals surface area contributed by atoms with E-state index in [0.717, 1.165) is 6.20 Å². The number of pyridine rings is 2. The summed E-state index contributed by atoms with van der Waals surface area (Å²) in [5.41, 5.74) is 6.79. The number of fused-ring (bicyclic) bond motifs is 1. The van der Waals surface area contributed by atoms with Crippen LogP contribution in [-0.2, 0) is 6.54 Å². The number of aliphatic imine (C=N–C) groups is 1. The van der Waals surface area contributed by atoms with Crippen LogP contribution in [0.25, 0.3) is 5.65 Å². The predicted molar refractivity (Wildman–Crippen MR) is 94.3 cm³/mol. The van der Waals surface area contributed by atoms with E-state index in [-0.39, 0.29) is 18.1 Å². The van der Waals surface area contributed by atoms with Crippen LogP contribution >= 0.6 is 0 Å². The van der Waals surface area contributed by atoms with Gasteiger partial charge in [0.05, 0.1) is 41.4 Å². The quantitative estimate of drug-likeness (QED) is 0.543. The standard InChI is InChI=1S/C17H13F2N7O2/c18-10-1-3-12(21-5-10)8-24-9-14(26(27)28)16(20)23-17(24)13-6-22-15-4-2-11(19)7-25(13)15/h1-7,9,17H,8H2,(H2,20,23). The molecule has 1 unspecified atom stereocenters. The zero-order chi connectivity index (χ0) is 19.8. The zero-order valence-electron chi connectivity index (χ0n) is 14.2. The van der Waals surface area contributed by atoms with Gasteiger partial charge in [-0.05, 0) is 24.3 Å². The van der Waals surface area contributed by atoms with Crippen molar-refractivity contribution in [2.75, 3.05) is 0 Å². The number of amidine groups is 1. The van der Waals surface area contributed by atoms with Crippen LogP contribution in [0, 0.1) is 21.7 Å². The molecule has 28 heavy (non-hydrogen) atoms. The summed E-state index contributed by atoms with van der Waals surface area (Å²) in [5.74, 6) is -1.24. The van der Waals surface area contributed by atoms with Gasteiger partial charge in [-0.3, -0.25) is 19.5 Å². The van der Waals surface area contributed by atoms with E-state index in [1.54, 1.807) is 0 Å². The highest BCUT2D eigenvalue weighted by Gasteiger charge is 2.31. The van der Waals surface area contributed by atoms with Gasteiger partial charge in [0.15, 0.2) is 6.17 Å². The molecule has 0 amide bonds. The molecule has 142 valence electrons. The predicted octanol–water partition coefficient (Wildman–Crippen LogP) is 2.00. The van der Waals surface area contributed by atoms with Crippen molar-refractivity contribution in [1.82, 2.24) is 19.3 Å². The molecule has 0 saturated heterocycles. The molecule has 1 aliphatic rings. The number of rotatable bonds is 4. The molecule has 0 radical (unpaired) electrons. The summed E-state index contributed by atoms with van der Waals surface area (Å²) >= 11 is 0. The first-order valence-electron chi connectivity index (χ1n) is 8.11. The van der Waals surface area contributed by atoms with E-state index in [0.29, 0.717) is 17.0 Å². The average molecular weight is 385 g/mol. The molecular formula is C17H13F2N7O2. The molecule has 0 spiro atoms. The minimum absolute atomic E-state index is 0.0849. The number of imidazole rings is 1. The number of hydrogen-bond donors (Lipinski definition) is 1. The monoisotopic (exact) mass is 385 g/mol. The second kappa shape index (κ2) is 6.68. The zero-order valence-corrected chi connectivity index (χ0v) is 14.2. The van der Waals surface area contributed by atoms with Crippen LogP contribution in [-0.4, -0.2) is 30.0 Å². The lowest BCUT2D eigenvalue weighted by atomic mass is 10.2. The van der Waals surface area contributed by atoms with Crippen LogP contribution in [0.1, 0.15) is 17.6 Å². The van der Waals surface area contributed by atoms with Gasteiger partial charge in [0.2, 0.25) is 5.84 Å². The molecule has 0 aliphatic carbocycles. The lowest BCUT2D eigenvalue weighted by Crippen LogP contribution is -2.34. The SMILES string of the molecule is NC1=NC(c2cnc3ccc(F)cn23)N(Cc2ccc(F)cn2)C=C1[N+](=O)[O-]. The maximum Gasteiger partial charge on any atom is 0.326 e. The minimum Gasteiger partial charge on any atom is -0.378 e. The van der Waals surface area contributed by atoms with Crippen molar-refractivity contribution in [3.05, 3.63) is 87.9 Å². The third kappa shape index (κ3) is 3.13. The van der Waals surface area contributed by atoms with Gasteiger partial charge in [-0.1, -0.05) is 0 Å². The lowest BCUT2D eigenvalue weighted by Gasteiger charge is -2.29. The third-order valence-corrected chi connectivity index (χ3v) is 4.22. The fraction of sp³-hybridized carbons (Fsp3) is 0.118. The number of nitrogens with zero attached hydrogens (tertiary/aromatic N) is 6. The maximum absolute atomic E-state index is 13.7. The van der Waals surface area contributed by atoms with Crippen molar-refractivity contribution in [3.63, 3.8) is 0 Å². The number of hydrogen-bond acceptors (Lipinski definition) is 7. The molecule has 3 aromatic heterocycles. The molecule has 0 fully saturated rings. The smallest absolute Gasteiger partial charge is 0.326 e. The highest BCUT2D eigenvalue weighted by molar-refractivity contribution is 5.95. The maximum atomic E-state index is 13.7. The van der Waals surface area contributed by atoms with E-state index < -0.39 is 22.7 Å². The van der Waals surface area contributed by atoms with Gasteiger partial charge >= 0.3 is 5.70 Å². The van der Waals surface area contributed by atoms with Gasteiger partial charge in [0, 0.05) is 6.20 Å². The normalized spacial score (nSPS) is 16.8. The van der Waals surface area contributed by atoms with Crippen LogP contribution in [0.2, 0.25) is 0 Å². The first kappa shape index (κ1) is 17.5. The molecule has 3 aromatic rings. The van der Waals surface area contributed by atoms with Gasteiger partial charge in [-0.2, -0.15) is 0 Å². The number of nitro groups is 1. The van der Waals surface area contributed by atoms with Crippen molar-refractivity contribution in [2.24, 2.45) is 10.7 Å². The van der Waals surface area contributed by atoms with Crippen molar-refractivity contribution < 1.29 is 13.7 Å². The molecule has 4 rings (SSSR count). The summed E-state index contributed by atoms with van der Waals surface area (Å²) < 4.78 is 28.3. The van der Waals surface area contributed by atoms with Gasteiger partial charge in [0.1, 0.15) is 17.3 Å². The van der Waals surface area contributed by atoms with Crippen LogP contribution in [0.15, 0.2) is 59.7 Å². The van der Waals surface area contributed by atoms with E-state index in [1.807, 2.05) is 0 Å². The van der Waals surface area contributed by atoms with Crippen LogP contribution < -0.4 is 5.73 Å². The summed E-state index contributed by atoms with van der Waals surface area (Å²) in [6.45, 7) is 0.0849. The van der Waals surface area contributed by atoms with Gasteiger partial charge in [-0.15, -0.1) is 0 Å². The fourth-order valence-corrected chi connectivity index (χ4v) is 2.93. The molecule has 1 atom stereocenters. The molecule has 0 aromatic carbocycles. The summed E-state index contributed by atoms with van der Waals surface area (Å²) in [4.78, 5) is 24.6. The lowest BCUT2D eigenvalue weighted by molar-refractivity contribution is -0.416. The largest absolute Gasteiger partial charge is 0.378 e. The summed E-state index contributed by atoms with van der Waals surface area (Å²) in [5, 5.41) is 11.3. The number of halogens is 2. The Bertz CT molecular complexity index is 1120. The molecule has 0 bridgehead atoms. The summed E-state index contributed by atoms with van der Waals surface area (Å²) in [7, 11) is 0. The highest BCUT2D eigenvalue weighted by atomic mass is 19.1. The average Bonchev–Trinajstić information content (AvgIpc) is 3.07. The summed E-state index contributed by atoms with van der Waals surface area (Å²) in [6.07, 6.45) is 4.22. The third-order valence-electron chi connectivity index (χ3n) is 4.22. The molecule has 9 nitrogen and oxygen atoms in total. The summed E-state index contributed by atoms with van der Waals surface area (Å²) in [6, 6.07) is 5.47. The first-order chi connectivity index (χ1) is 13.4. The molecular weight excluding hydrogens is 372 g/mol. The second-order valence-corrected chi connectivity index (χ2v) is 6.06. The molecule has 4 heterocycles. The van der Waals surface area contributed by atoms with Crippen molar-refractivity contribution in [1.29, 1.82) is 0 Å². The Balaban J connectivity index is 1.79. The van der Waals surface area contributed by atoms with Gasteiger partial charge < -0.3 is 10.6 Å². The number of aromatic nitrogens is 3. The van der Waals surface area contributed by atoms with Crippen molar-refractivity contribution in [2.45, 2.75) is 12.7 Å². The van der Waals surface area contributed by atoms with Gasteiger partial charge in [0.25, 0.3) is 0 Å². The topological polar surface area (TPSA) is 115 Å². The minimum atomic E-state index is -0.813. The van der Waals surface area contributed by atoms with E-state index in [1.165, 1.54) is 52.2 Å². The van der Waals surface area contributed by atoms with Crippen molar-refractivity contribution in [3.8, 4) is 0 Å². The van der Waals surface area contributed by atoms with Crippen LogP contribution in [0.3, 0.4) is 0 Å². The van der Waals surface area contributed by atoms with E-state index in [9.17, 15) is 18.9 Å². The fourth-order valence-electron chi connectivity index (χ4n) is 2.93. The molecule has 1 aliphatic heterocycles. The second-order valence-electron chi connectivity index (χ2n) is 6.06. The first-order valence-corrected chi connectivity index (χ1v) is 8.11.